The van der Waals surface area contributed by atoms with Crippen LogP contribution in [0.4, 0.5) is 5.13 Å². The van der Waals surface area contributed by atoms with E-state index in [1.165, 1.54) is 30.2 Å². The smallest absolute Gasteiger partial charge is 0.185 e. The van der Waals surface area contributed by atoms with Gasteiger partial charge in [0.05, 0.1) is 5.69 Å². The second-order valence-corrected chi connectivity index (χ2v) is 5.85. The molecule has 2 rings (SSSR count). The van der Waals surface area contributed by atoms with Crippen molar-refractivity contribution in [3.8, 4) is 0 Å². The lowest BCUT2D eigenvalue weighted by molar-refractivity contribution is 0.552. The largest absolute Gasteiger partial charge is 0.344 e. The Morgan fingerprint density at radius 3 is 2.94 bits per heavy atom. The van der Waals surface area contributed by atoms with Crippen molar-refractivity contribution in [2.75, 3.05) is 18.0 Å². The Balaban J connectivity index is 2.05. The Hall–Kier alpha value is -0.610. The third kappa shape index (κ3) is 3.19. The van der Waals surface area contributed by atoms with Crippen LogP contribution >= 0.6 is 11.3 Å². The van der Waals surface area contributed by atoms with Gasteiger partial charge in [0.25, 0.3) is 0 Å². The van der Waals surface area contributed by atoms with Crippen molar-refractivity contribution >= 4 is 16.5 Å². The summed E-state index contributed by atoms with van der Waals surface area (Å²) in [5.74, 6) is 0. The van der Waals surface area contributed by atoms with Crippen molar-refractivity contribution in [2.45, 2.75) is 52.1 Å². The van der Waals surface area contributed by atoms with Crippen LogP contribution in [0.3, 0.4) is 0 Å². The number of nitrogens with one attached hydrogen (secondary N) is 1. The number of thiazole rings is 1. The van der Waals surface area contributed by atoms with Crippen LogP contribution in [0, 0.1) is 0 Å². The van der Waals surface area contributed by atoms with Crippen molar-refractivity contribution in [3.63, 3.8) is 0 Å². The van der Waals surface area contributed by atoms with E-state index in [4.69, 9.17) is 4.98 Å². The van der Waals surface area contributed by atoms with E-state index in [2.05, 4.69) is 36.4 Å². The maximum atomic E-state index is 4.71. The topological polar surface area (TPSA) is 28.2 Å². The van der Waals surface area contributed by atoms with E-state index in [0.29, 0.717) is 12.1 Å². The van der Waals surface area contributed by atoms with Crippen molar-refractivity contribution in [1.82, 2.24) is 10.3 Å². The van der Waals surface area contributed by atoms with Gasteiger partial charge in [-0.1, -0.05) is 6.92 Å². The molecule has 0 radical (unpaired) electrons. The second-order valence-electron chi connectivity index (χ2n) is 5.01. The van der Waals surface area contributed by atoms with Crippen LogP contribution < -0.4 is 10.2 Å². The van der Waals surface area contributed by atoms with Gasteiger partial charge in [0.2, 0.25) is 0 Å². The molecule has 1 unspecified atom stereocenters. The molecule has 1 fully saturated rings. The van der Waals surface area contributed by atoms with Crippen LogP contribution in [-0.2, 0) is 6.42 Å². The lowest BCUT2D eigenvalue weighted by Gasteiger charge is -2.29. The van der Waals surface area contributed by atoms with E-state index in [9.17, 15) is 0 Å². The third-order valence-corrected chi connectivity index (χ3v) is 4.28. The van der Waals surface area contributed by atoms with Crippen molar-refractivity contribution in [2.24, 2.45) is 0 Å². The number of hydrogen-bond acceptors (Lipinski definition) is 4. The quantitative estimate of drug-likeness (QED) is 0.874. The minimum atomic E-state index is 0.522. The minimum Gasteiger partial charge on any atom is -0.344 e. The lowest BCUT2D eigenvalue weighted by atomic mass is 10.2. The van der Waals surface area contributed by atoms with Crippen molar-refractivity contribution in [1.29, 1.82) is 0 Å². The maximum Gasteiger partial charge on any atom is 0.185 e. The average Bonchev–Trinajstić information content (AvgIpc) is 2.96. The SMILES string of the molecule is CCc1csc(N(CC2CCCN2)C(C)C)n1. The molecule has 1 aromatic rings. The summed E-state index contributed by atoms with van der Waals surface area (Å²) in [6.45, 7) is 8.93. The number of aromatic nitrogens is 1. The summed E-state index contributed by atoms with van der Waals surface area (Å²) in [5, 5.41) is 6.94. The zero-order valence-electron chi connectivity index (χ0n) is 11.1. The molecule has 1 aliphatic heterocycles. The molecule has 1 saturated heterocycles. The summed E-state index contributed by atoms with van der Waals surface area (Å²) in [4.78, 5) is 7.15. The van der Waals surface area contributed by atoms with E-state index < -0.39 is 0 Å². The molecular weight excluding hydrogens is 230 g/mol. The van der Waals surface area contributed by atoms with Gasteiger partial charge in [0.1, 0.15) is 0 Å². The Kier molecular flexibility index (Phi) is 4.40. The molecule has 0 spiro atoms. The molecule has 0 bridgehead atoms. The number of rotatable bonds is 5. The van der Waals surface area contributed by atoms with Gasteiger partial charge in [0, 0.05) is 24.0 Å². The predicted molar refractivity (Wildman–Crippen MR) is 75.0 cm³/mol. The molecular formula is C13H23N3S. The van der Waals surface area contributed by atoms with E-state index >= 15 is 0 Å². The van der Waals surface area contributed by atoms with Crippen LogP contribution in [0.2, 0.25) is 0 Å². The first kappa shape index (κ1) is 12.8. The Morgan fingerprint density at radius 1 is 1.59 bits per heavy atom. The van der Waals surface area contributed by atoms with Crippen LogP contribution in [0.5, 0.6) is 0 Å². The fourth-order valence-corrected chi connectivity index (χ4v) is 3.30. The Labute approximate surface area is 108 Å². The highest BCUT2D eigenvalue weighted by atomic mass is 32.1. The standard InChI is InChI=1S/C13H23N3S/c1-4-11-9-17-13(15-11)16(10(2)3)8-12-6-5-7-14-12/h9-10,12,14H,4-8H2,1-3H3. The van der Waals surface area contributed by atoms with Gasteiger partial charge in [-0.15, -0.1) is 11.3 Å². The van der Waals surface area contributed by atoms with Gasteiger partial charge in [0.15, 0.2) is 5.13 Å². The fraction of sp³-hybridized carbons (Fsp3) is 0.769. The second kappa shape index (κ2) is 5.83. The first-order valence-electron chi connectivity index (χ1n) is 6.65. The summed E-state index contributed by atoms with van der Waals surface area (Å²) in [6.07, 6.45) is 3.65. The fourth-order valence-electron chi connectivity index (χ4n) is 2.25. The third-order valence-electron chi connectivity index (χ3n) is 3.35. The van der Waals surface area contributed by atoms with Gasteiger partial charge in [-0.05, 0) is 39.7 Å². The highest BCUT2D eigenvalue weighted by Gasteiger charge is 2.21. The first-order chi connectivity index (χ1) is 8.20. The monoisotopic (exact) mass is 253 g/mol. The lowest BCUT2D eigenvalue weighted by Crippen LogP contribution is -2.41. The molecule has 0 amide bonds. The number of aryl methyl sites for hydroxylation is 1. The Morgan fingerprint density at radius 2 is 2.41 bits per heavy atom. The molecule has 17 heavy (non-hydrogen) atoms. The number of nitrogens with zero attached hydrogens (tertiary/aromatic N) is 2. The number of hydrogen-bond donors (Lipinski definition) is 1. The zero-order chi connectivity index (χ0) is 12.3. The summed E-state index contributed by atoms with van der Waals surface area (Å²) < 4.78 is 0. The summed E-state index contributed by atoms with van der Waals surface area (Å²) >= 11 is 1.78. The van der Waals surface area contributed by atoms with Crippen LogP contribution in [-0.4, -0.2) is 30.2 Å². The number of anilines is 1. The van der Waals surface area contributed by atoms with Crippen molar-refractivity contribution in [3.05, 3.63) is 11.1 Å². The van der Waals surface area contributed by atoms with E-state index in [0.717, 1.165) is 13.0 Å². The highest BCUT2D eigenvalue weighted by Crippen LogP contribution is 2.24. The molecule has 96 valence electrons. The van der Waals surface area contributed by atoms with Crippen LogP contribution in [0.15, 0.2) is 5.38 Å². The van der Waals surface area contributed by atoms with E-state index in [1.54, 1.807) is 11.3 Å². The minimum absolute atomic E-state index is 0.522. The molecule has 0 saturated carbocycles. The van der Waals surface area contributed by atoms with Gasteiger partial charge in [-0.3, -0.25) is 0 Å². The van der Waals surface area contributed by atoms with Gasteiger partial charge in [-0.25, -0.2) is 4.98 Å². The van der Waals surface area contributed by atoms with E-state index in [1.807, 2.05) is 0 Å². The van der Waals surface area contributed by atoms with Crippen LogP contribution in [0.1, 0.15) is 39.3 Å². The average molecular weight is 253 g/mol. The zero-order valence-corrected chi connectivity index (χ0v) is 11.9. The predicted octanol–water partition coefficient (Wildman–Crippen LogP) is 2.67. The molecule has 0 aliphatic carbocycles. The first-order valence-corrected chi connectivity index (χ1v) is 7.53. The summed E-state index contributed by atoms with van der Waals surface area (Å²) in [6, 6.07) is 1.17. The highest BCUT2D eigenvalue weighted by molar-refractivity contribution is 7.13. The van der Waals surface area contributed by atoms with Gasteiger partial charge in [-0.2, -0.15) is 0 Å². The Bertz CT molecular complexity index is 342. The normalized spacial score (nSPS) is 20.1. The van der Waals surface area contributed by atoms with Crippen molar-refractivity contribution < 1.29 is 0 Å². The molecule has 2 heterocycles. The molecule has 0 aromatic carbocycles. The molecule has 1 aromatic heterocycles. The molecule has 4 heteroatoms. The van der Waals surface area contributed by atoms with Gasteiger partial charge >= 0.3 is 0 Å². The maximum absolute atomic E-state index is 4.71. The van der Waals surface area contributed by atoms with Gasteiger partial charge < -0.3 is 10.2 Å². The summed E-state index contributed by atoms with van der Waals surface area (Å²) in [7, 11) is 0. The molecule has 1 atom stereocenters. The molecule has 1 N–H and O–H groups in total. The van der Waals surface area contributed by atoms with E-state index in [-0.39, 0.29) is 0 Å². The summed E-state index contributed by atoms with van der Waals surface area (Å²) in [5.41, 5.74) is 1.22. The molecule has 1 aliphatic rings. The van der Waals surface area contributed by atoms with Crippen LogP contribution in [0.25, 0.3) is 0 Å². The molecule has 3 nitrogen and oxygen atoms in total.